The van der Waals surface area contributed by atoms with Crippen LogP contribution in [0, 0.1) is 40.4 Å². The molecule has 4 rings (SSSR count). The molecule has 150 valence electrons. The maximum absolute atomic E-state index is 12.0. The van der Waals surface area contributed by atoms with Crippen LogP contribution in [0.15, 0.2) is 24.3 Å². The highest BCUT2D eigenvalue weighted by Crippen LogP contribution is 2.67. The van der Waals surface area contributed by atoms with Gasteiger partial charge in [0.1, 0.15) is 0 Å². The summed E-state index contributed by atoms with van der Waals surface area (Å²) in [4.78, 5) is 12.0. The number of aliphatic hydroxyl groups excluding tert-OH is 1. The standard InChI is InChI=1S/C25H38O2/c1-5-6-23(27)16(2)20-9-10-21-19-8-7-17-15-18(26)11-13-24(17,3)22(19)12-14-25(20,21)4/h5,15-16,19-23,27H,1,6-14H2,2-4H3/t16-,19-,20+,21-,22-,23?,24-,25+/m0/s1. The monoisotopic (exact) mass is 370 g/mol. The van der Waals surface area contributed by atoms with Crippen molar-refractivity contribution in [1.82, 2.24) is 0 Å². The van der Waals surface area contributed by atoms with Crippen LogP contribution in [0.25, 0.3) is 0 Å². The van der Waals surface area contributed by atoms with E-state index in [1.807, 2.05) is 12.2 Å². The SMILES string of the molecule is C=CCC(O)[C@@H](C)[C@H]1CC[C@H]2[C@@H]3CCC4=CC(=O)CC[C@]4(C)[C@H]3CC[C@]12C. The highest BCUT2D eigenvalue weighted by atomic mass is 16.3. The zero-order valence-corrected chi connectivity index (χ0v) is 17.5. The molecule has 2 nitrogen and oxygen atoms in total. The minimum Gasteiger partial charge on any atom is -0.393 e. The van der Waals surface area contributed by atoms with E-state index in [0.29, 0.717) is 29.5 Å². The van der Waals surface area contributed by atoms with Crippen LogP contribution in [-0.4, -0.2) is 17.0 Å². The minimum absolute atomic E-state index is 0.247. The summed E-state index contributed by atoms with van der Waals surface area (Å²) in [6, 6.07) is 0. The van der Waals surface area contributed by atoms with Crippen molar-refractivity contribution < 1.29 is 9.90 Å². The largest absolute Gasteiger partial charge is 0.393 e. The van der Waals surface area contributed by atoms with Crippen molar-refractivity contribution in [3.63, 3.8) is 0 Å². The fourth-order valence-corrected chi connectivity index (χ4v) is 8.12. The predicted octanol–water partition coefficient (Wildman–Crippen LogP) is 5.71. The third-order valence-corrected chi connectivity index (χ3v) is 9.69. The van der Waals surface area contributed by atoms with E-state index in [2.05, 4.69) is 27.4 Å². The van der Waals surface area contributed by atoms with Gasteiger partial charge in [-0.1, -0.05) is 32.4 Å². The molecule has 0 radical (unpaired) electrons. The van der Waals surface area contributed by atoms with Crippen LogP contribution in [0.5, 0.6) is 0 Å². The Balaban J connectivity index is 1.58. The Kier molecular flexibility index (Phi) is 4.94. The molecule has 0 aromatic heterocycles. The number of hydrogen-bond acceptors (Lipinski definition) is 2. The van der Waals surface area contributed by atoms with E-state index in [1.165, 1.54) is 37.7 Å². The molecule has 0 bridgehead atoms. The number of carbonyl (C=O) groups excluding carboxylic acids is 1. The lowest BCUT2D eigenvalue weighted by Gasteiger charge is -2.58. The number of carbonyl (C=O) groups is 1. The summed E-state index contributed by atoms with van der Waals surface area (Å²) in [5.74, 6) is 3.72. The summed E-state index contributed by atoms with van der Waals surface area (Å²) in [5, 5.41) is 10.6. The van der Waals surface area contributed by atoms with Gasteiger partial charge in [0, 0.05) is 6.42 Å². The molecule has 0 spiro atoms. The van der Waals surface area contributed by atoms with Crippen molar-refractivity contribution in [2.24, 2.45) is 40.4 Å². The summed E-state index contributed by atoms with van der Waals surface area (Å²) in [5.41, 5.74) is 2.11. The Hall–Kier alpha value is -0.890. The molecule has 27 heavy (non-hydrogen) atoms. The van der Waals surface area contributed by atoms with E-state index in [0.717, 1.165) is 37.0 Å². The first-order chi connectivity index (χ1) is 12.8. The van der Waals surface area contributed by atoms with Crippen LogP contribution in [0.4, 0.5) is 0 Å². The highest BCUT2D eigenvalue weighted by molar-refractivity contribution is 5.91. The Labute approximate surface area is 165 Å². The second-order valence-electron chi connectivity index (χ2n) is 10.6. The van der Waals surface area contributed by atoms with Crippen LogP contribution < -0.4 is 0 Å². The molecule has 4 aliphatic carbocycles. The average Bonchev–Trinajstić information content (AvgIpc) is 2.99. The first-order valence-corrected chi connectivity index (χ1v) is 11.3. The molecule has 0 aromatic rings. The zero-order valence-electron chi connectivity index (χ0n) is 17.5. The zero-order chi connectivity index (χ0) is 19.4. The van der Waals surface area contributed by atoms with Gasteiger partial charge in [-0.15, -0.1) is 6.58 Å². The molecule has 0 amide bonds. The maximum atomic E-state index is 12.0. The Morgan fingerprint density at radius 2 is 1.96 bits per heavy atom. The molecule has 1 N–H and O–H groups in total. The lowest BCUT2D eigenvalue weighted by atomic mass is 9.46. The van der Waals surface area contributed by atoms with E-state index < -0.39 is 0 Å². The van der Waals surface area contributed by atoms with Gasteiger partial charge in [0.05, 0.1) is 6.10 Å². The minimum atomic E-state index is -0.247. The molecule has 0 heterocycles. The third kappa shape index (κ3) is 2.89. The molecule has 0 aromatic carbocycles. The predicted molar refractivity (Wildman–Crippen MR) is 110 cm³/mol. The molecule has 2 heteroatoms. The molecule has 4 aliphatic rings. The van der Waals surface area contributed by atoms with Gasteiger partial charge in [-0.3, -0.25) is 4.79 Å². The normalized spacial score (nSPS) is 45.9. The van der Waals surface area contributed by atoms with E-state index in [4.69, 9.17) is 0 Å². The van der Waals surface area contributed by atoms with Gasteiger partial charge in [-0.25, -0.2) is 0 Å². The smallest absolute Gasteiger partial charge is 0.155 e. The van der Waals surface area contributed by atoms with Gasteiger partial charge in [-0.2, -0.15) is 0 Å². The van der Waals surface area contributed by atoms with Crippen molar-refractivity contribution in [1.29, 1.82) is 0 Å². The Morgan fingerprint density at radius 1 is 1.19 bits per heavy atom. The first kappa shape index (κ1) is 19.4. The maximum Gasteiger partial charge on any atom is 0.155 e. The molecular formula is C25H38O2. The molecular weight excluding hydrogens is 332 g/mol. The van der Waals surface area contributed by atoms with Gasteiger partial charge in [0.2, 0.25) is 0 Å². The van der Waals surface area contributed by atoms with Crippen molar-refractivity contribution in [2.45, 2.75) is 84.7 Å². The summed E-state index contributed by atoms with van der Waals surface area (Å²) < 4.78 is 0. The lowest BCUT2D eigenvalue weighted by Crippen LogP contribution is -2.51. The topological polar surface area (TPSA) is 37.3 Å². The van der Waals surface area contributed by atoms with E-state index in [-0.39, 0.29) is 11.5 Å². The number of rotatable bonds is 4. The average molecular weight is 371 g/mol. The summed E-state index contributed by atoms with van der Waals surface area (Å²) in [7, 11) is 0. The van der Waals surface area contributed by atoms with E-state index in [9.17, 15) is 9.90 Å². The van der Waals surface area contributed by atoms with E-state index >= 15 is 0 Å². The van der Waals surface area contributed by atoms with Crippen LogP contribution in [0.3, 0.4) is 0 Å². The Bertz CT molecular complexity index is 649. The quantitative estimate of drug-likeness (QED) is 0.644. The second kappa shape index (κ2) is 6.87. The molecule has 3 saturated carbocycles. The van der Waals surface area contributed by atoms with Crippen molar-refractivity contribution >= 4 is 5.78 Å². The van der Waals surface area contributed by atoms with Crippen molar-refractivity contribution in [3.05, 3.63) is 24.3 Å². The van der Waals surface area contributed by atoms with Crippen molar-refractivity contribution in [2.75, 3.05) is 0 Å². The number of fused-ring (bicyclic) bond motifs is 5. The van der Waals surface area contributed by atoms with Gasteiger partial charge < -0.3 is 5.11 Å². The van der Waals surface area contributed by atoms with Crippen LogP contribution in [0.2, 0.25) is 0 Å². The highest BCUT2D eigenvalue weighted by Gasteiger charge is 2.59. The van der Waals surface area contributed by atoms with Gasteiger partial charge in [0.25, 0.3) is 0 Å². The summed E-state index contributed by atoms with van der Waals surface area (Å²) >= 11 is 0. The van der Waals surface area contributed by atoms with Crippen LogP contribution in [-0.2, 0) is 4.79 Å². The van der Waals surface area contributed by atoms with Gasteiger partial charge in [-0.05, 0) is 97.9 Å². The third-order valence-electron chi connectivity index (χ3n) is 9.69. The molecule has 8 atom stereocenters. The fraction of sp³-hybridized carbons (Fsp3) is 0.800. The molecule has 0 aliphatic heterocycles. The lowest BCUT2D eigenvalue weighted by molar-refractivity contribution is -0.117. The number of ketones is 1. The number of aliphatic hydroxyl groups is 1. The second-order valence-corrected chi connectivity index (χ2v) is 10.6. The number of hydrogen-bond donors (Lipinski definition) is 1. The van der Waals surface area contributed by atoms with E-state index in [1.54, 1.807) is 0 Å². The first-order valence-electron chi connectivity index (χ1n) is 11.3. The van der Waals surface area contributed by atoms with Crippen LogP contribution >= 0.6 is 0 Å². The van der Waals surface area contributed by atoms with Gasteiger partial charge in [0.15, 0.2) is 5.78 Å². The molecule has 1 unspecified atom stereocenters. The Morgan fingerprint density at radius 3 is 2.70 bits per heavy atom. The van der Waals surface area contributed by atoms with Gasteiger partial charge >= 0.3 is 0 Å². The number of allylic oxidation sites excluding steroid dienone is 1. The summed E-state index contributed by atoms with van der Waals surface area (Å²) in [6.07, 6.45) is 13.8. The summed E-state index contributed by atoms with van der Waals surface area (Å²) in [6.45, 7) is 11.1. The molecule has 0 saturated heterocycles. The van der Waals surface area contributed by atoms with Crippen LogP contribution in [0.1, 0.15) is 78.6 Å². The fourth-order valence-electron chi connectivity index (χ4n) is 8.12. The van der Waals surface area contributed by atoms with Crippen molar-refractivity contribution in [3.8, 4) is 0 Å². The molecule has 3 fully saturated rings.